The van der Waals surface area contributed by atoms with Crippen molar-refractivity contribution in [3.8, 4) is 28.4 Å². The van der Waals surface area contributed by atoms with Gasteiger partial charge in [-0.05, 0) is 35.5 Å². The molecule has 0 aliphatic carbocycles. The van der Waals surface area contributed by atoms with Crippen molar-refractivity contribution in [2.45, 2.75) is 0 Å². The van der Waals surface area contributed by atoms with Crippen molar-refractivity contribution in [2.24, 2.45) is 0 Å². The van der Waals surface area contributed by atoms with Gasteiger partial charge in [-0.2, -0.15) is 10.3 Å². The van der Waals surface area contributed by atoms with E-state index in [4.69, 9.17) is 9.47 Å². The van der Waals surface area contributed by atoms with Gasteiger partial charge in [0.1, 0.15) is 18.1 Å². The van der Waals surface area contributed by atoms with Crippen molar-refractivity contribution in [3.05, 3.63) is 42.5 Å². The standard InChI is InChI=1S/C17H16N6O2/c1-24-7-8-25-13-4-2-3-11(9-13)16-14-10-12(17-20-22-23-21-17)5-6-15(14)18-19-16/h2-6,9-10H,7-8H2,1H3,(H,18,19)(H,20,21,22,23). The first-order chi connectivity index (χ1) is 12.3. The van der Waals surface area contributed by atoms with Crippen LogP contribution in [-0.2, 0) is 4.74 Å². The monoisotopic (exact) mass is 336 g/mol. The van der Waals surface area contributed by atoms with Gasteiger partial charge >= 0.3 is 0 Å². The normalized spacial score (nSPS) is 11.1. The molecule has 0 saturated heterocycles. The minimum absolute atomic E-state index is 0.503. The summed E-state index contributed by atoms with van der Waals surface area (Å²) in [4.78, 5) is 0. The van der Waals surface area contributed by atoms with Gasteiger partial charge in [0.05, 0.1) is 12.1 Å². The fourth-order valence-corrected chi connectivity index (χ4v) is 2.63. The molecule has 8 nitrogen and oxygen atoms in total. The van der Waals surface area contributed by atoms with Gasteiger partial charge in [0.15, 0.2) is 0 Å². The van der Waals surface area contributed by atoms with Gasteiger partial charge in [-0.3, -0.25) is 5.10 Å². The third kappa shape index (κ3) is 3.07. The molecule has 8 heteroatoms. The Morgan fingerprint density at radius 1 is 1.00 bits per heavy atom. The molecule has 25 heavy (non-hydrogen) atoms. The number of fused-ring (bicyclic) bond motifs is 1. The zero-order valence-corrected chi connectivity index (χ0v) is 13.6. The van der Waals surface area contributed by atoms with Crippen molar-refractivity contribution in [2.75, 3.05) is 20.3 Å². The highest BCUT2D eigenvalue weighted by molar-refractivity contribution is 5.95. The van der Waals surface area contributed by atoms with Crippen molar-refractivity contribution in [1.29, 1.82) is 0 Å². The molecular formula is C17H16N6O2. The van der Waals surface area contributed by atoms with Crippen LogP contribution in [0, 0.1) is 0 Å². The van der Waals surface area contributed by atoms with Crippen LogP contribution in [0.1, 0.15) is 0 Å². The molecule has 0 fully saturated rings. The number of methoxy groups -OCH3 is 1. The van der Waals surface area contributed by atoms with Crippen LogP contribution in [-0.4, -0.2) is 51.1 Å². The molecule has 2 aromatic heterocycles. The van der Waals surface area contributed by atoms with Crippen LogP contribution in [0.5, 0.6) is 5.75 Å². The zero-order chi connectivity index (χ0) is 17.1. The average Bonchev–Trinajstić information content (AvgIpc) is 3.31. The SMILES string of the molecule is COCCOc1cccc(-c2n[nH]c3ccc(-c4nn[nH]n4)cc23)c1. The summed E-state index contributed by atoms with van der Waals surface area (Å²) in [5, 5.41) is 22.6. The Kier molecular flexibility index (Phi) is 4.09. The van der Waals surface area contributed by atoms with E-state index in [1.165, 1.54) is 0 Å². The quantitative estimate of drug-likeness (QED) is 0.524. The van der Waals surface area contributed by atoms with E-state index < -0.39 is 0 Å². The second kappa shape index (κ2) is 6.70. The maximum atomic E-state index is 5.68. The highest BCUT2D eigenvalue weighted by Crippen LogP contribution is 2.30. The largest absolute Gasteiger partial charge is 0.491 e. The zero-order valence-electron chi connectivity index (χ0n) is 13.6. The number of rotatable bonds is 6. The Hall–Kier alpha value is -3.26. The first-order valence-electron chi connectivity index (χ1n) is 7.79. The van der Waals surface area contributed by atoms with Crippen molar-refractivity contribution in [3.63, 3.8) is 0 Å². The van der Waals surface area contributed by atoms with Gasteiger partial charge in [-0.1, -0.05) is 12.1 Å². The van der Waals surface area contributed by atoms with Crippen LogP contribution in [0.15, 0.2) is 42.5 Å². The molecule has 4 aromatic rings. The Morgan fingerprint density at radius 3 is 2.80 bits per heavy atom. The maximum absolute atomic E-state index is 5.68. The van der Waals surface area contributed by atoms with E-state index in [1.807, 2.05) is 42.5 Å². The van der Waals surface area contributed by atoms with Gasteiger partial charge in [0, 0.05) is 23.6 Å². The lowest BCUT2D eigenvalue weighted by atomic mass is 10.1. The number of hydrogen-bond donors (Lipinski definition) is 2. The summed E-state index contributed by atoms with van der Waals surface area (Å²) >= 11 is 0. The summed E-state index contributed by atoms with van der Waals surface area (Å²) in [5.74, 6) is 1.32. The number of H-pyrrole nitrogens is 2. The topological polar surface area (TPSA) is 102 Å². The third-order valence-corrected chi connectivity index (χ3v) is 3.83. The average molecular weight is 336 g/mol. The second-order valence-corrected chi connectivity index (χ2v) is 5.44. The molecule has 2 N–H and O–H groups in total. The number of nitrogens with zero attached hydrogens (tertiary/aromatic N) is 4. The van der Waals surface area contributed by atoms with E-state index in [-0.39, 0.29) is 0 Å². The van der Waals surface area contributed by atoms with Crippen LogP contribution in [0.3, 0.4) is 0 Å². The Balaban J connectivity index is 1.71. The van der Waals surface area contributed by atoms with Crippen molar-refractivity contribution < 1.29 is 9.47 Å². The summed E-state index contributed by atoms with van der Waals surface area (Å²) in [6, 6.07) is 13.7. The van der Waals surface area contributed by atoms with E-state index in [2.05, 4.69) is 30.8 Å². The van der Waals surface area contributed by atoms with Crippen LogP contribution in [0.2, 0.25) is 0 Å². The lowest BCUT2D eigenvalue weighted by Crippen LogP contribution is -2.04. The van der Waals surface area contributed by atoms with Crippen LogP contribution < -0.4 is 4.74 Å². The molecule has 2 heterocycles. The van der Waals surface area contributed by atoms with E-state index in [9.17, 15) is 0 Å². The first kappa shape index (κ1) is 15.3. The smallest absolute Gasteiger partial charge is 0.204 e. The van der Waals surface area contributed by atoms with E-state index in [0.717, 1.165) is 33.5 Å². The molecule has 0 atom stereocenters. The maximum Gasteiger partial charge on any atom is 0.204 e. The number of hydrogen-bond acceptors (Lipinski definition) is 6. The lowest BCUT2D eigenvalue weighted by molar-refractivity contribution is 0.146. The highest BCUT2D eigenvalue weighted by atomic mass is 16.5. The summed E-state index contributed by atoms with van der Waals surface area (Å²) < 4.78 is 10.7. The molecular weight excluding hydrogens is 320 g/mol. The van der Waals surface area contributed by atoms with Crippen molar-refractivity contribution >= 4 is 10.9 Å². The number of benzene rings is 2. The van der Waals surface area contributed by atoms with Crippen LogP contribution in [0.4, 0.5) is 0 Å². The highest BCUT2D eigenvalue weighted by Gasteiger charge is 2.12. The minimum Gasteiger partial charge on any atom is -0.491 e. The molecule has 2 aromatic carbocycles. The summed E-state index contributed by atoms with van der Waals surface area (Å²) in [6.07, 6.45) is 0. The van der Waals surface area contributed by atoms with E-state index in [1.54, 1.807) is 7.11 Å². The first-order valence-corrected chi connectivity index (χ1v) is 7.79. The Bertz CT molecular complexity index is 980. The third-order valence-electron chi connectivity index (χ3n) is 3.83. The summed E-state index contributed by atoms with van der Waals surface area (Å²) in [5.41, 5.74) is 3.62. The lowest BCUT2D eigenvalue weighted by Gasteiger charge is -2.07. The Labute approximate surface area is 143 Å². The number of aromatic amines is 2. The van der Waals surface area contributed by atoms with Crippen LogP contribution >= 0.6 is 0 Å². The number of ether oxygens (including phenoxy) is 2. The molecule has 0 radical (unpaired) electrons. The molecule has 0 aliphatic rings. The van der Waals surface area contributed by atoms with Crippen LogP contribution in [0.25, 0.3) is 33.5 Å². The van der Waals surface area contributed by atoms with E-state index in [0.29, 0.717) is 19.0 Å². The van der Waals surface area contributed by atoms with Crippen molar-refractivity contribution in [1.82, 2.24) is 30.8 Å². The van der Waals surface area contributed by atoms with E-state index >= 15 is 0 Å². The fraction of sp³-hybridized carbons (Fsp3) is 0.176. The molecule has 0 bridgehead atoms. The fourth-order valence-electron chi connectivity index (χ4n) is 2.63. The summed E-state index contributed by atoms with van der Waals surface area (Å²) in [6.45, 7) is 1.05. The second-order valence-electron chi connectivity index (χ2n) is 5.44. The van der Waals surface area contributed by atoms with Gasteiger partial charge in [0.25, 0.3) is 0 Å². The predicted molar refractivity (Wildman–Crippen MR) is 92.1 cm³/mol. The van der Waals surface area contributed by atoms with Gasteiger partial charge in [0.2, 0.25) is 5.82 Å². The van der Waals surface area contributed by atoms with Gasteiger partial charge in [-0.25, -0.2) is 0 Å². The van der Waals surface area contributed by atoms with Gasteiger partial charge in [-0.15, -0.1) is 10.2 Å². The predicted octanol–water partition coefficient (Wildman–Crippen LogP) is 2.44. The molecule has 0 spiro atoms. The molecule has 4 rings (SSSR count). The van der Waals surface area contributed by atoms with Gasteiger partial charge < -0.3 is 9.47 Å². The molecule has 0 amide bonds. The number of nitrogens with one attached hydrogen (secondary N) is 2. The number of tetrazole rings is 1. The molecule has 0 saturated carbocycles. The minimum atomic E-state index is 0.503. The molecule has 0 aliphatic heterocycles. The summed E-state index contributed by atoms with van der Waals surface area (Å²) in [7, 11) is 1.65. The molecule has 0 unspecified atom stereocenters. The Morgan fingerprint density at radius 2 is 1.96 bits per heavy atom. The number of aromatic nitrogens is 6. The molecule has 126 valence electrons.